The van der Waals surface area contributed by atoms with Gasteiger partial charge in [0.25, 0.3) is 5.79 Å². The molecule has 0 radical (unpaired) electrons. The summed E-state index contributed by atoms with van der Waals surface area (Å²) in [5, 5.41) is 3.77. The van der Waals surface area contributed by atoms with Crippen LogP contribution in [0, 0.1) is 17.7 Å². The Balaban J connectivity index is 1.52. The van der Waals surface area contributed by atoms with Gasteiger partial charge in [0.05, 0.1) is 5.56 Å². The van der Waals surface area contributed by atoms with Gasteiger partial charge in [0.15, 0.2) is 11.5 Å². The fourth-order valence-electron chi connectivity index (χ4n) is 4.26. The van der Waals surface area contributed by atoms with E-state index in [0.717, 1.165) is 18.8 Å². The van der Waals surface area contributed by atoms with E-state index >= 15 is 0 Å². The van der Waals surface area contributed by atoms with E-state index in [0.29, 0.717) is 34.1 Å². The van der Waals surface area contributed by atoms with Gasteiger partial charge in [-0.25, -0.2) is 4.39 Å². The van der Waals surface area contributed by atoms with Crippen LogP contribution in [0.1, 0.15) is 24.0 Å². The molecule has 0 amide bonds. The monoisotopic (exact) mass is 345 g/mol. The first-order valence-corrected chi connectivity index (χ1v) is 8.62. The molecular weight excluding hydrogens is 329 g/mol. The average Bonchev–Trinajstić information content (AvgIpc) is 2.89. The van der Waals surface area contributed by atoms with Gasteiger partial charge in [-0.15, -0.1) is 0 Å². The second kappa shape index (κ2) is 4.87. The van der Waals surface area contributed by atoms with Crippen LogP contribution in [0.25, 0.3) is 0 Å². The molecule has 4 atom stereocenters. The summed E-state index contributed by atoms with van der Waals surface area (Å²) in [5.41, 5.74) is 1.54. The Labute approximate surface area is 144 Å². The Bertz CT molecular complexity index is 832. The SMILES string of the molecule is CC1(c2ccc(Cl)cc2F)Oc2cccc(C3[C@H]4CNC[C@@H]34)c2O1. The Morgan fingerprint density at radius 3 is 2.71 bits per heavy atom. The minimum atomic E-state index is -1.17. The van der Waals surface area contributed by atoms with Gasteiger partial charge in [0.1, 0.15) is 5.82 Å². The number of halogens is 2. The van der Waals surface area contributed by atoms with Gasteiger partial charge in [-0.3, -0.25) is 0 Å². The smallest absolute Gasteiger partial charge is 0.278 e. The summed E-state index contributed by atoms with van der Waals surface area (Å²) < 4.78 is 26.6. The minimum Gasteiger partial charge on any atom is -0.444 e. The summed E-state index contributed by atoms with van der Waals surface area (Å²) in [6.07, 6.45) is 0. The normalized spacial score (nSPS) is 32.7. The van der Waals surface area contributed by atoms with Gasteiger partial charge < -0.3 is 14.8 Å². The highest BCUT2D eigenvalue weighted by atomic mass is 35.5. The Kier molecular flexibility index (Phi) is 2.95. The fraction of sp³-hybridized carbons (Fsp3) is 0.368. The summed E-state index contributed by atoms with van der Waals surface area (Å²) in [6, 6.07) is 10.5. The van der Waals surface area contributed by atoms with E-state index in [4.69, 9.17) is 21.1 Å². The highest BCUT2D eigenvalue weighted by Crippen LogP contribution is 2.60. The summed E-state index contributed by atoms with van der Waals surface area (Å²) in [6.45, 7) is 3.87. The van der Waals surface area contributed by atoms with E-state index in [9.17, 15) is 4.39 Å². The quantitative estimate of drug-likeness (QED) is 0.890. The van der Waals surface area contributed by atoms with Crippen molar-refractivity contribution in [3.63, 3.8) is 0 Å². The summed E-state index contributed by atoms with van der Waals surface area (Å²) in [4.78, 5) is 0. The molecule has 3 aliphatic rings. The predicted octanol–water partition coefficient (Wildman–Crippen LogP) is 4.06. The lowest BCUT2D eigenvalue weighted by Gasteiger charge is -2.24. The van der Waals surface area contributed by atoms with Crippen LogP contribution in [0.5, 0.6) is 11.5 Å². The zero-order valence-electron chi connectivity index (χ0n) is 13.2. The Morgan fingerprint density at radius 2 is 1.96 bits per heavy atom. The van der Waals surface area contributed by atoms with E-state index in [1.54, 1.807) is 19.1 Å². The van der Waals surface area contributed by atoms with Crippen molar-refractivity contribution in [3.05, 3.63) is 58.4 Å². The van der Waals surface area contributed by atoms with Crippen molar-refractivity contribution in [2.45, 2.75) is 18.6 Å². The van der Waals surface area contributed by atoms with Gasteiger partial charge in [-0.05, 0) is 55.1 Å². The van der Waals surface area contributed by atoms with Crippen molar-refractivity contribution in [2.75, 3.05) is 13.1 Å². The van der Waals surface area contributed by atoms with Crippen molar-refractivity contribution in [3.8, 4) is 11.5 Å². The second-order valence-electron chi connectivity index (χ2n) is 6.96. The van der Waals surface area contributed by atoms with Crippen LogP contribution in [0.3, 0.4) is 0 Å². The largest absolute Gasteiger partial charge is 0.444 e. The van der Waals surface area contributed by atoms with Gasteiger partial charge in [0.2, 0.25) is 0 Å². The topological polar surface area (TPSA) is 30.5 Å². The molecule has 2 aliphatic heterocycles. The molecule has 5 rings (SSSR count). The van der Waals surface area contributed by atoms with Crippen LogP contribution in [0.15, 0.2) is 36.4 Å². The van der Waals surface area contributed by atoms with Crippen molar-refractivity contribution in [1.82, 2.24) is 5.32 Å². The summed E-state index contributed by atoms with van der Waals surface area (Å²) >= 11 is 5.86. The molecule has 2 unspecified atom stereocenters. The molecule has 5 heteroatoms. The van der Waals surface area contributed by atoms with E-state index in [-0.39, 0.29) is 0 Å². The van der Waals surface area contributed by atoms with Gasteiger partial charge in [-0.2, -0.15) is 0 Å². The van der Waals surface area contributed by atoms with Crippen molar-refractivity contribution in [2.24, 2.45) is 11.8 Å². The van der Waals surface area contributed by atoms with Gasteiger partial charge >= 0.3 is 0 Å². The number of rotatable bonds is 2. The minimum absolute atomic E-state index is 0.353. The van der Waals surface area contributed by atoms with E-state index in [1.807, 2.05) is 12.1 Å². The Hall–Kier alpha value is -1.78. The maximum Gasteiger partial charge on any atom is 0.278 e. The van der Waals surface area contributed by atoms with Crippen LogP contribution in [0.2, 0.25) is 5.02 Å². The standard InChI is InChI=1S/C19H17ClFNO2/c1-19(14-6-5-10(20)7-15(14)21)23-16-4-2-3-11(18(16)24-19)17-12-8-22-9-13(12)17/h2-7,12-13,17,22H,8-9H2,1H3/t12-,13+,17?,19?. The van der Waals surface area contributed by atoms with Crippen LogP contribution < -0.4 is 14.8 Å². The van der Waals surface area contributed by atoms with Crippen LogP contribution in [-0.2, 0) is 5.79 Å². The number of fused-ring (bicyclic) bond motifs is 2. The lowest BCUT2D eigenvalue weighted by molar-refractivity contribution is -0.0710. The third kappa shape index (κ3) is 1.99. The van der Waals surface area contributed by atoms with Gasteiger partial charge in [-0.1, -0.05) is 23.7 Å². The van der Waals surface area contributed by atoms with E-state index < -0.39 is 11.6 Å². The van der Waals surface area contributed by atoms with Crippen LogP contribution >= 0.6 is 11.6 Å². The number of benzene rings is 2. The Morgan fingerprint density at radius 1 is 1.17 bits per heavy atom. The fourth-order valence-corrected chi connectivity index (χ4v) is 4.42. The molecule has 2 heterocycles. The van der Waals surface area contributed by atoms with Gasteiger partial charge in [0, 0.05) is 17.5 Å². The van der Waals surface area contributed by atoms with Crippen LogP contribution in [0.4, 0.5) is 4.39 Å². The molecule has 1 saturated heterocycles. The van der Waals surface area contributed by atoms with E-state index in [2.05, 4.69) is 11.4 Å². The highest BCUT2D eigenvalue weighted by molar-refractivity contribution is 6.30. The number of hydrogen-bond acceptors (Lipinski definition) is 3. The first-order chi connectivity index (χ1) is 11.6. The van der Waals surface area contributed by atoms with Crippen molar-refractivity contribution < 1.29 is 13.9 Å². The molecular formula is C19H17ClFNO2. The second-order valence-corrected chi connectivity index (χ2v) is 7.40. The lowest BCUT2D eigenvalue weighted by Crippen LogP contribution is -2.32. The number of ether oxygens (including phenoxy) is 2. The zero-order valence-corrected chi connectivity index (χ0v) is 13.9. The molecule has 124 valence electrons. The first-order valence-electron chi connectivity index (χ1n) is 8.24. The third-order valence-electron chi connectivity index (χ3n) is 5.48. The molecule has 1 saturated carbocycles. The molecule has 3 nitrogen and oxygen atoms in total. The average molecular weight is 346 g/mol. The maximum atomic E-state index is 14.4. The van der Waals surface area contributed by atoms with Crippen LogP contribution in [-0.4, -0.2) is 13.1 Å². The maximum absolute atomic E-state index is 14.4. The highest BCUT2D eigenvalue weighted by Gasteiger charge is 2.55. The molecule has 2 aromatic carbocycles. The summed E-state index contributed by atoms with van der Waals surface area (Å²) in [7, 11) is 0. The number of para-hydroxylation sites is 1. The molecule has 2 fully saturated rings. The number of piperidine rings is 1. The molecule has 1 N–H and O–H groups in total. The number of nitrogens with one attached hydrogen (secondary N) is 1. The molecule has 0 spiro atoms. The van der Waals surface area contributed by atoms with Crippen molar-refractivity contribution >= 4 is 11.6 Å². The predicted molar refractivity (Wildman–Crippen MR) is 89.1 cm³/mol. The van der Waals surface area contributed by atoms with E-state index in [1.165, 1.54) is 11.6 Å². The molecule has 24 heavy (non-hydrogen) atoms. The molecule has 1 aliphatic carbocycles. The molecule has 0 bridgehead atoms. The molecule has 2 aromatic rings. The van der Waals surface area contributed by atoms with Crippen molar-refractivity contribution in [1.29, 1.82) is 0 Å². The number of hydrogen-bond donors (Lipinski definition) is 1. The lowest BCUT2D eigenvalue weighted by atomic mass is 10.1. The first kappa shape index (κ1) is 14.6. The zero-order chi connectivity index (χ0) is 16.5. The summed E-state index contributed by atoms with van der Waals surface area (Å²) in [5.74, 6) is 1.72. The molecule has 0 aromatic heterocycles. The third-order valence-corrected chi connectivity index (χ3v) is 5.72.